The molecule has 1 aromatic carbocycles. The van der Waals surface area contributed by atoms with E-state index in [1.165, 1.54) is 0 Å². The second kappa shape index (κ2) is 8.92. The van der Waals surface area contributed by atoms with Gasteiger partial charge in [0.05, 0.1) is 26.1 Å². The van der Waals surface area contributed by atoms with Crippen LogP contribution in [0.3, 0.4) is 0 Å². The van der Waals surface area contributed by atoms with Crippen molar-refractivity contribution in [3.05, 3.63) is 38.9 Å². The standard InChI is InChI=1S/C25H27ClIN5O5/c1-5-35-22(33)25-9-14(25)17(18-19(25)37-24(2,3)36-18)32-11-29-16-20(30-23(26)31-21(16)32)28-10-12-8-13(27)6-7-15(12)34-4/h6-8,11,14,17-19H,5,9-10H2,1-4H3,(H,28,30,31)/t14-,17-,18+,19+,25+/m1/s1. The van der Waals surface area contributed by atoms with Crippen LogP contribution in [0.15, 0.2) is 24.5 Å². The minimum atomic E-state index is -0.817. The lowest BCUT2D eigenvalue weighted by atomic mass is 9.99. The number of aromatic nitrogens is 4. The summed E-state index contributed by atoms with van der Waals surface area (Å²) in [6, 6.07) is 5.76. The van der Waals surface area contributed by atoms with Crippen LogP contribution in [0.5, 0.6) is 5.75 Å². The van der Waals surface area contributed by atoms with Gasteiger partial charge in [0.25, 0.3) is 0 Å². The van der Waals surface area contributed by atoms with Crippen molar-refractivity contribution in [3.63, 3.8) is 0 Å². The number of anilines is 1. The summed E-state index contributed by atoms with van der Waals surface area (Å²) in [6.45, 7) is 6.32. The Balaban J connectivity index is 1.36. The van der Waals surface area contributed by atoms with Gasteiger partial charge in [0.15, 0.2) is 22.8 Å². The molecule has 2 aliphatic carbocycles. The molecule has 0 unspecified atom stereocenters. The summed E-state index contributed by atoms with van der Waals surface area (Å²) in [5.41, 5.74) is 1.40. The molecule has 6 rings (SSSR count). The summed E-state index contributed by atoms with van der Waals surface area (Å²) < 4.78 is 26.6. The molecular weight excluding hydrogens is 613 g/mol. The van der Waals surface area contributed by atoms with Gasteiger partial charge < -0.3 is 28.8 Å². The third-order valence-corrected chi connectivity index (χ3v) is 8.34. The fourth-order valence-electron chi connectivity index (χ4n) is 5.99. The van der Waals surface area contributed by atoms with Crippen molar-refractivity contribution >= 4 is 57.1 Å². The number of imidazole rings is 1. The highest BCUT2D eigenvalue weighted by Crippen LogP contribution is 2.72. The average molecular weight is 640 g/mol. The van der Waals surface area contributed by atoms with E-state index in [4.69, 9.17) is 30.5 Å². The van der Waals surface area contributed by atoms with E-state index in [0.29, 0.717) is 36.6 Å². The van der Waals surface area contributed by atoms with Gasteiger partial charge in [0.1, 0.15) is 23.4 Å². The van der Waals surface area contributed by atoms with Crippen LogP contribution in [0.1, 0.15) is 38.8 Å². The molecule has 2 saturated carbocycles. The van der Waals surface area contributed by atoms with Crippen LogP contribution in [0.2, 0.25) is 5.28 Å². The average Bonchev–Trinajstić information content (AvgIpc) is 3.18. The van der Waals surface area contributed by atoms with Gasteiger partial charge in [-0.3, -0.25) is 4.79 Å². The number of hydrogen-bond acceptors (Lipinski definition) is 9. The number of carbonyl (C=O) groups is 1. The fraction of sp³-hybridized carbons (Fsp3) is 0.520. The number of nitrogens with one attached hydrogen (secondary N) is 1. The lowest BCUT2D eigenvalue weighted by molar-refractivity contribution is -0.172. The molecule has 3 heterocycles. The first-order valence-electron chi connectivity index (χ1n) is 12.2. The first-order chi connectivity index (χ1) is 17.7. The van der Waals surface area contributed by atoms with Gasteiger partial charge in [0.2, 0.25) is 5.28 Å². The molecule has 12 heteroatoms. The number of methoxy groups -OCH3 is 1. The van der Waals surface area contributed by atoms with E-state index in [-0.39, 0.29) is 29.3 Å². The van der Waals surface area contributed by atoms with E-state index >= 15 is 0 Å². The molecular formula is C25H27ClIN5O5. The third kappa shape index (κ3) is 3.96. The Hall–Kier alpha value is -2.22. The molecule has 1 aliphatic heterocycles. The van der Waals surface area contributed by atoms with Crippen molar-refractivity contribution in [1.82, 2.24) is 19.5 Å². The Morgan fingerprint density at radius 1 is 1.32 bits per heavy atom. The SMILES string of the molecule is CCOC(=O)[C@@]12C[C@@H]1[C@@H](n1cnc3c(NCc4cc(I)ccc4OC)nc(Cl)nc31)[C@@H]1OC(C)(C)O[C@@H]12. The van der Waals surface area contributed by atoms with Crippen LogP contribution in [-0.4, -0.2) is 57.2 Å². The highest BCUT2D eigenvalue weighted by Gasteiger charge is 2.80. The van der Waals surface area contributed by atoms with Crippen molar-refractivity contribution < 1.29 is 23.7 Å². The molecule has 3 fully saturated rings. The van der Waals surface area contributed by atoms with Gasteiger partial charge in [-0.05, 0) is 79.6 Å². The molecule has 37 heavy (non-hydrogen) atoms. The Bertz CT molecular complexity index is 1400. The molecule has 196 valence electrons. The third-order valence-electron chi connectivity index (χ3n) is 7.50. The van der Waals surface area contributed by atoms with Crippen molar-refractivity contribution in [2.24, 2.45) is 11.3 Å². The van der Waals surface area contributed by atoms with Crippen molar-refractivity contribution in [3.8, 4) is 5.75 Å². The maximum Gasteiger partial charge on any atom is 0.315 e. The zero-order valence-electron chi connectivity index (χ0n) is 20.8. The molecule has 0 spiro atoms. The Labute approximate surface area is 232 Å². The number of nitrogens with zero attached hydrogens (tertiary/aromatic N) is 4. The van der Waals surface area contributed by atoms with Crippen LogP contribution >= 0.6 is 34.2 Å². The van der Waals surface area contributed by atoms with Gasteiger partial charge in [0, 0.05) is 21.6 Å². The maximum atomic E-state index is 13.1. The normalized spacial score (nSPS) is 29.1. The van der Waals surface area contributed by atoms with E-state index in [1.54, 1.807) is 13.4 Å². The summed E-state index contributed by atoms with van der Waals surface area (Å²) in [7, 11) is 1.65. The van der Waals surface area contributed by atoms with Crippen LogP contribution in [0, 0.1) is 14.9 Å². The predicted octanol–water partition coefficient (Wildman–Crippen LogP) is 4.35. The molecule has 0 bridgehead atoms. The van der Waals surface area contributed by atoms with Gasteiger partial charge in [-0.25, -0.2) is 4.98 Å². The summed E-state index contributed by atoms with van der Waals surface area (Å²) in [5, 5.41) is 3.44. The van der Waals surface area contributed by atoms with E-state index in [0.717, 1.165) is 14.9 Å². The predicted molar refractivity (Wildman–Crippen MR) is 143 cm³/mol. The lowest BCUT2D eigenvalue weighted by Crippen LogP contribution is -2.36. The number of carbonyl (C=O) groups excluding carboxylic acids is 1. The van der Waals surface area contributed by atoms with Gasteiger partial charge in [-0.15, -0.1) is 0 Å². The molecule has 10 nitrogen and oxygen atoms in total. The Morgan fingerprint density at radius 3 is 2.89 bits per heavy atom. The number of ether oxygens (including phenoxy) is 4. The fourth-order valence-corrected chi connectivity index (χ4v) is 6.71. The van der Waals surface area contributed by atoms with E-state index in [1.807, 2.05) is 43.5 Å². The molecule has 0 amide bonds. The first kappa shape index (κ1) is 25.1. The van der Waals surface area contributed by atoms with E-state index in [2.05, 4.69) is 42.9 Å². The summed E-state index contributed by atoms with van der Waals surface area (Å²) in [5.74, 6) is 0.223. The number of benzene rings is 1. The quantitative estimate of drug-likeness (QED) is 0.229. The molecule has 1 N–H and O–H groups in total. The van der Waals surface area contributed by atoms with Crippen LogP contribution in [-0.2, 0) is 25.5 Å². The largest absolute Gasteiger partial charge is 0.496 e. The van der Waals surface area contributed by atoms with E-state index < -0.39 is 17.3 Å². The highest BCUT2D eigenvalue weighted by atomic mass is 127. The minimum absolute atomic E-state index is 0.0177. The molecule has 0 radical (unpaired) electrons. The summed E-state index contributed by atoms with van der Waals surface area (Å²) >= 11 is 8.66. The molecule has 2 aromatic heterocycles. The number of hydrogen-bond donors (Lipinski definition) is 1. The monoisotopic (exact) mass is 639 g/mol. The van der Waals surface area contributed by atoms with Gasteiger partial charge in [-0.2, -0.15) is 9.97 Å². The van der Waals surface area contributed by atoms with Gasteiger partial charge >= 0.3 is 5.97 Å². The molecule has 1 saturated heterocycles. The van der Waals surface area contributed by atoms with E-state index in [9.17, 15) is 4.79 Å². The Morgan fingerprint density at radius 2 is 2.14 bits per heavy atom. The molecule has 3 aromatic rings. The van der Waals surface area contributed by atoms with Crippen molar-refractivity contribution in [2.75, 3.05) is 19.0 Å². The highest BCUT2D eigenvalue weighted by molar-refractivity contribution is 14.1. The molecule has 3 aliphatic rings. The number of halogens is 2. The summed E-state index contributed by atoms with van der Waals surface area (Å²) in [6.07, 6.45) is 1.63. The lowest BCUT2D eigenvalue weighted by Gasteiger charge is -2.24. The van der Waals surface area contributed by atoms with Crippen LogP contribution < -0.4 is 10.1 Å². The zero-order chi connectivity index (χ0) is 26.1. The summed E-state index contributed by atoms with van der Waals surface area (Å²) in [4.78, 5) is 26.7. The topological polar surface area (TPSA) is 110 Å². The first-order valence-corrected chi connectivity index (χ1v) is 13.6. The van der Waals surface area contributed by atoms with Crippen molar-refractivity contribution in [1.29, 1.82) is 0 Å². The molecule has 5 atom stereocenters. The second-order valence-electron chi connectivity index (χ2n) is 10.1. The van der Waals surface area contributed by atoms with Crippen molar-refractivity contribution in [2.45, 2.75) is 57.8 Å². The smallest absolute Gasteiger partial charge is 0.315 e. The van der Waals surface area contributed by atoms with Crippen LogP contribution in [0.4, 0.5) is 5.82 Å². The number of rotatable bonds is 7. The zero-order valence-corrected chi connectivity index (χ0v) is 23.7. The number of fused-ring (bicyclic) bond motifs is 4. The Kier molecular flexibility index (Phi) is 6.05. The van der Waals surface area contributed by atoms with Gasteiger partial charge in [-0.1, -0.05) is 0 Å². The van der Waals surface area contributed by atoms with Crippen LogP contribution in [0.25, 0.3) is 11.2 Å². The number of esters is 1. The maximum absolute atomic E-state index is 13.1. The minimum Gasteiger partial charge on any atom is -0.496 e. The second-order valence-corrected chi connectivity index (χ2v) is 11.6.